The van der Waals surface area contributed by atoms with Crippen LogP contribution in [0.3, 0.4) is 0 Å². The number of halogens is 6. The predicted molar refractivity (Wildman–Crippen MR) is 101 cm³/mol. The Hall–Kier alpha value is -3.21. The molecule has 1 unspecified atom stereocenters. The zero-order valence-corrected chi connectivity index (χ0v) is 16.5. The van der Waals surface area contributed by atoms with Gasteiger partial charge in [-0.15, -0.1) is 5.10 Å². The molecule has 1 atom stereocenters. The van der Waals surface area contributed by atoms with E-state index in [0.29, 0.717) is 12.5 Å². The van der Waals surface area contributed by atoms with Gasteiger partial charge in [0.15, 0.2) is 11.9 Å². The molecule has 0 spiro atoms. The van der Waals surface area contributed by atoms with E-state index in [2.05, 4.69) is 10.1 Å². The molecule has 0 bridgehead atoms. The van der Waals surface area contributed by atoms with Crippen LogP contribution in [0.25, 0.3) is 17.1 Å². The van der Waals surface area contributed by atoms with Crippen molar-refractivity contribution in [3.8, 4) is 22.8 Å². The minimum atomic E-state index is -5.81. The number of primary amides is 1. The number of amides is 1. The van der Waals surface area contributed by atoms with E-state index in [1.807, 2.05) is 0 Å². The number of hydrogen-bond donors (Lipinski definition) is 1. The summed E-state index contributed by atoms with van der Waals surface area (Å²) in [6.07, 6.45) is -8.37. The van der Waals surface area contributed by atoms with Gasteiger partial charge in [-0.1, -0.05) is 41.9 Å². The monoisotopic (exact) mass is 460 g/mol. The van der Waals surface area contributed by atoms with Crippen LogP contribution in [0.15, 0.2) is 48.5 Å². The average Bonchev–Trinajstić information content (AvgIpc) is 3.15. The smallest absolute Gasteiger partial charge is 0.457 e. The topological polar surface area (TPSA) is 83.0 Å². The first-order valence-corrected chi connectivity index (χ1v) is 9.03. The number of rotatable bonds is 6. The highest BCUT2D eigenvalue weighted by atomic mass is 35.5. The van der Waals surface area contributed by atoms with Crippen LogP contribution in [0, 0.1) is 0 Å². The lowest BCUT2D eigenvalue weighted by atomic mass is 10.2. The summed E-state index contributed by atoms with van der Waals surface area (Å²) in [7, 11) is 0. The molecular weight excluding hydrogens is 447 g/mol. The van der Waals surface area contributed by atoms with Crippen LogP contribution < -0.4 is 10.5 Å². The summed E-state index contributed by atoms with van der Waals surface area (Å²) in [5.41, 5.74) is 5.93. The van der Waals surface area contributed by atoms with E-state index in [1.165, 1.54) is 16.8 Å². The van der Waals surface area contributed by atoms with E-state index < -0.39 is 29.9 Å². The van der Waals surface area contributed by atoms with Crippen molar-refractivity contribution in [1.82, 2.24) is 14.8 Å². The van der Waals surface area contributed by atoms with Gasteiger partial charge in [0.05, 0.1) is 10.7 Å². The molecule has 12 heteroatoms. The zero-order chi connectivity index (χ0) is 23.0. The van der Waals surface area contributed by atoms with Crippen molar-refractivity contribution in [1.29, 1.82) is 0 Å². The van der Waals surface area contributed by atoms with Gasteiger partial charge in [0.2, 0.25) is 5.82 Å². The second kappa shape index (κ2) is 8.14. The van der Waals surface area contributed by atoms with Crippen LogP contribution in [0.5, 0.6) is 5.75 Å². The Bertz CT molecular complexity index is 1100. The first-order valence-electron chi connectivity index (χ1n) is 8.65. The normalized spacial score (nSPS) is 13.1. The number of ether oxygens (including phenoxy) is 1. The maximum atomic E-state index is 13.6. The number of alkyl halides is 5. The molecule has 3 aromatic rings. The van der Waals surface area contributed by atoms with Crippen LogP contribution >= 0.6 is 11.6 Å². The third kappa shape index (κ3) is 4.46. The Labute approximate surface area is 177 Å². The van der Waals surface area contributed by atoms with Gasteiger partial charge in [0, 0.05) is 11.6 Å². The second-order valence-corrected chi connectivity index (χ2v) is 6.80. The number of nitrogens with two attached hydrogens (primary N) is 1. The summed E-state index contributed by atoms with van der Waals surface area (Å²) >= 11 is 5.93. The summed E-state index contributed by atoms with van der Waals surface area (Å²) in [5, 5.41) is 3.79. The summed E-state index contributed by atoms with van der Waals surface area (Å²) in [6, 6.07) is 12.2. The Kier molecular flexibility index (Phi) is 5.90. The standard InChI is InChI=1S/C19H14ClF5N4O2/c1-10(18(21,22)19(23,24)25)31-14-9-12(7-8-13(14)20)29-17(11-5-3-2-4-6-11)27-16(28-29)15(26)30/h2-10H,1H3,(H2,26,30). The molecule has 1 heterocycles. The Morgan fingerprint density at radius 3 is 2.35 bits per heavy atom. The number of aromatic nitrogens is 3. The average molecular weight is 461 g/mol. The van der Waals surface area contributed by atoms with Crippen molar-refractivity contribution >= 4 is 17.5 Å². The summed E-state index contributed by atoms with van der Waals surface area (Å²) in [4.78, 5) is 15.6. The highest BCUT2D eigenvalue weighted by Gasteiger charge is 2.62. The van der Waals surface area contributed by atoms with Gasteiger partial charge in [-0.3, -0.25) is 4.79 Å². The SMILES string of the molecule is CC(Oc1cc(-n2nc(C(N)=O)nc2-c2ccccc2)ccc1Cl)C(F)(F)C(F)(F)F. The zero-order valence-electron chi connectivity index (χ0n) is 15.7. The lowest BCUT2D eigenvalue weighted by molar-refractivity contribution is -0.306. The van der Waals surface area contributed by atoms with Gasteiger partial charge in [0.25, 0.3) is 5.91 Å². The molecule has 1 aromatic heterocycles. The molecule has 3 rings (SSSR count). The molecule has 0 fully saturated rings. The van der Waals surface area contributed by atoms with Gasteiger partial charge in [-0.2, -0.15) is 22.0 Å². The molecule has 0 saturated carbocycles. The number of carbonyl (C=O) groups is 1. The third-order valence-electron chi connectivity index (χ3n) is 4.21. The molecule has 0 radical (unpaired) electrons. The fourth-order valence-electron chi connectivity index (χ4n) is 2.58. The van der Waals surface area contributed by atoms with Gasteiger partial charge in [0.1, 0.15) is 5.75 Å². The molecule has 0 aliphatic heterocycles. The maximum Gasteiger partial charge on any atom is 0.457 e. The predicted octanol–water partition coefficient (Wildman–Crippen LogP) is 4.65. The van der Waals surface area contributed by atoms with Crippen molar-refractivity contribution in [2.45, 2.75) is 25.1 Å². The molecule has 0 aliphatic rings. The Morgan fingerprint density at radius 2 is 1.77 bits per heavy atom. The number of hydrogen-bond acceptors (Lipinski definition) is 4. The summed E-state index contributed by atoms with van der Waals surface area (Å²) in [6.45, 7) is 0.576. The number of nitrogens with zero attached hydrogens (tertiary/aromatic N) is 3. The molecule has 31 heavy (non-hydrogen) atoms. The van der Waals surface area contributed by atoms with Crippen LogP contribution in [-0.4, -0.2) is 38.9 Å². The molecule has 6 nitrogen and oxygen atoms in total. The van der Waals surface area contributed by atoms with Crippen molar-refractivity contribution in [2.75, 3.05) is 0 Å². The van der Waals surface area contributed by atoms with Crippen LogP contribution in [0.4, 0.5) is 22.0 Å². The lowest BCUT2D eigenvalue weighted by Gasteiger charge is -2.26. The number of carbonyl (C=O) groups excluding carboxylic acids is 1. The van der Waals surface area contributed by atoms with Crippen molar-refractivity contribution < 1.29 is 31.5 Å². The fraction of sp³-hybridized carbons (Fsp3) is 0.211. The van der Waals surface area contributed by atoms with E-state index >= 15 is 0 Å². The van der Waals surface area contributed by atoms with E-state index in [4.69, 9.17) is 22.1 Å². The largest absolute Gasteiger partial charge is 0.482 e. The van der Waals surface area contributed by atoms with Crippen molar-refractivity contribution in [2.24, 2.45) is 5.73 Å². The Balaban J connectivity index is 2.05. The van der Waals surface area contributed by atoms with E-state index in [-0.39, 0.29) is 22.4 Å². The summed E-state index contributed by atoms with van der Waals surface area (Å²) < 4.78 is 71.0. The minimum Gasteiger partial charge on any atom is -0.482 e. The molecular formula is C19H14ClF5N4O2. The van der Waals surface area contributed by atoms with E-state index in [0.717, 1.165) is 6.07 Å². The molecule has 164 valence electrons. The lowest BCUT2D eigenvalue weighted by Crippen LogP contribution is -2.48. The van der Waals surface area contributed by atoms with Crippen LogP contribution in [0.2, 0.25) is 5.02 Å². The highest BCUT2D eigenvalue weighted by molar-refractivity contribution is 6.32. The molecule has 0 saturated heterocycles. The highest BCUT2D eigenvalue weighted by Crippen LogP contribution is 2.40. The second-order valence-electron chi connectivity index (χ2n) is 6.40. The van der Waals surface area contributed by atoms with Gasteiger partial charge >= 0.3 is 12.1 Å². The molecule has 2 aromatic carbocycles. The number of benzene rings is 2. The quantitative estimate of drug-likeness (QED) is 0.543. The van der Waals surface area contributed by atoms with Crippen molar-refractivity contribution in [3.63, 3.8) is 0 Å². The van der Waals surface area contributed by atoms with Crippen LogP contribution in [0.1, 0.15) is 17.5 Å². The first-order chi connectivity index (χ1) is 14.4. The van der Waals surface area contributed by atoms with Gasteiger partial charge in [-0.05, 0) is 19.1 Å². The van der Waals surface area contributed by atoms with E-state index in [9.17, 15) is 26.7 Å². The molecule has 0 aliphatic carbocycles. The van der Waals surface area contributed by atoms with Gasteiger partial charge < -0.3 is 10.5 Å². The Morgan fingerprint density at radius 1 is 1.13 bits per heavy atom. The maximum absolute atomic E-state index is 13.6. The van der Waals surface area contributed by atoms with Gasteiger partial charge in [-0.25, -0.2) is 9.67 Å². The van der Waals surface area contributed by atoms with Crippen molar-refractivity contribution in [3.05, 3.63) is 59.4 Å². The third-order valence-corrected chi connectivity index (χ3v) is 4.52. The molecule has 2 N–H and O–H groups in total. The van der Waals surface area contributed by atoms with E-state index in [1.54, 1.807) is 30.3 Å². The summed E-state index contributed by atoms with van der Waals surface area (Å²) in [5.74, 6) is -6.62. The minimum absolute atomic E-state index is 0.140. The van der Waals surface area contributed by atoms with Crippen LogP contribution in [-0.2, 0) is 0 Å². The fourth-order valence-corrected chi connectivity index (χ4v) is 2.74. The first kappa shape index (κ1) is 22.5. The molecule has 1 amide bonds.